The number of amides is 1. The summed E-state index contributed by atoms with van der Waals surface area (Å²) >= 11 is 0. The summed E-state index contributed by atoms with van der Waals surface area (Å²) in [5.74, 6) is 4.92. The van der Waals surface area contributed by atoms with Crippen molar-refractivity contribution in [3.8, 4) is 11.8 Å². The second-order valence-electron chi connectivity index (χ2n) is 5.97. The minimum absolute atomic E-state index is 0.00231. The van der Waals surface area contributed by atoms with Gasteiger partial charge < -0.3 is 5.32 Å². The molecule has 1 atom stereocenters. The van der Waals surface area contributed by atoms with E-state index in [2.05, 4.69) is 43.2 Å². The van der Waals surface area contributed by atoms with Gasteiger partial charge in [0.15, 0.2) is 0 Å². The summed E-state index contributed by atoms with van der Waals surface area (Å²) in [6, 6.07) is 0. The van der Waals surface area contributed by atoms with E-state index in [4.69, 9.17) is 0 Å². The van der Waals surface area contributed by atoms with Crippen LogP contribution in [-0.4, -0.2) is 24.0 Å². The van der Waals surface area contributed by atoms with Crippen LogP contribution in [0, 0.1) is 23.7 Å². The maximum absolute atomic E-state index is 11.8. The normalized spacial score (nSPS) is 19.2. The van der Waals surface area contributed by atoms with Crippen molar-refractivity contribution in [1.82, 2.24) is 5.32 Å². The maximum atomic E-state index is 11.8. The molecule has 1 aliphatic rings. The second-order valence-corrected chi connectivity index (χ2v) is 5.97. The van der Waals surface area contributed by atoms with Crippen molar-refractivity contribution >= 4 is 17.5 Å². The van der Waals surface area contributed by atoms with Crippen LogP contribution in [0.3, 0.4) is 0 Å². The lowest BCUT2D eigenvalue weighted by atomic mass is 10.0. The number of hydrogen-bond acceptors (Lipinski definition) is 3. The molecule has 1 rings (SSSR count). The molecule has 1 N–H and O–H groups in total. The van der Waals surface area contributed by atoms with Crippen LogP contribution >= 0.6 is 0 Å². The Kier molecular flexibility index (Phi) is 8.67. The van der Waals surface area contributed by atoms with E-state index in [1.165, 1.54) is 6.08 Å². The van der Waals surface area contributed by atoms with Crippen molar-refractivity contribution in [1.29, 1.82) is 0 Å². The Morgan fingerprint density at radius 2 is 2.17 bits per heavy atom. The van der Waals surface area contributed by atoms with Gasteiger partial charge in [-0.25, -0.2) is 0 Å². The highest BCUT2D eigenvalue weighted by molar-refractivity contribution is 6.42. The lowest BCUT2D eigenvalue weighted by Crippen LogP contribution is -2.28. The fourth-order valence-electron chi connectivity index (χ4n) is 2.04. The average molecular weight is 315 g/mol. The third kappa shape index (κ3) is 8.77. The summed E-state index contributed by atoms with van der Waals surface area (Å²) in [6.07, 6.45) is 10.5. The van der Waals surface area contributed by atoms with E-state index in [1.807, 2.05) is 0 Å². The first kappa shape index (κ1) is 18.9. The topological polar surface area (TPSA) is 63.2 Å². The van der Waals surface area contributed by atoms with Gasteiger partial charge in [0.05, 0.1) is 12.3 Å². The van der Waals surface area contributed by atoms with E-state index in [-0.39, 0.29) is 18.2 Å². The van der Waals surface area contributed by atoms with E-state index in [0.717, 1.165) is 19.3 Å². The number of Topliss-reactive ketones (excluding diaryl/α,β-unsaturated/α-hetero) is 1. The molecule has 1 aliphatic carbocycles. The molecule has 4 nitrogen and oxygen atoms in total. The predicted molar refractivity (Wildman–Crippen MR) is 90.5 cm³/mol. The Labute approximate surface area is 138 Å². The maximum Gasteiger partial charge on any atom is 0.222 e. The summed E-state index contributed by atoms with van der Waals surface area (Å²) in [4.78, 5) is 34.3. The van der Waals surface area contributed by atoms with Gasteiger partial charge in [-0.2, -0.15) is 0 Å². The van der Waals surface area contributed by atoms with Crippen LogP contribution < -0.4 is 5.32 Å². The molecule has 23 heavy (non-hydrogen) atoms. The number of rotatable bonds is 8. The molecule has 0 aromatic carbocycles. The van der Waals surface area contributed by atoms with E-state index in [0.29, 0.717) is 18.9 Å². The highest BCUT2D eigenvalue weighted by Crippen LogP contribution is 2.04. The number of allylic oxidation sites excluding steroid dienone is 3. The van der Waals surface area contributed by atoms with Crippen molar-refractivity contribution in [2.24, 2.45) is 11.8 Å². The summed E-state index contributed by atoms with van der Waals surface area (Å²) < 4.78 is 0. The monoisotopic (exact) mass is 315 g/mol. The Morgan fingerprint density at radius 3 is 2.91 bits per heavy atom. The van der Waals surface area contributed by atoms with E-state index >= 15 is 0 Å². The van der Waals surface area contributed by atoms with Gasteiger partial charge in [0.1, 0.15) is 0 Å². The van der Waals surface area contributed by atoms with Gasteiger partial charge in [0, 0.05) is 13.0 Å². The van der Waals surface area contributed by atoms with Crippen molar-refractivity contribution in [3.05, 3.63) is 24.3 Å². The highest BCUT2D eigenvalue weighted by atomic mass is 16.2. The van der Waals surface area contributed by atoms with Gasteiger partial charge in [0.25, 0.3) is 0 Å². The van der Waals surface area contributed by atoms with Gasteiger partial charge >= 0.3 is 0 Å². The molecule has 0 radical (unpaired) electrons. The summed E-state index contributed by atoms with van der Waals surface area (Å²) in [6.45, 7) is 4.65. The van der Waals surface area contributed by atoms with Crippen LogP contribution in [0.1, 0.15) is 46.0 Å². The van der Waals surface area contributed by atoms with Gasteiger partial charge in [-0.05, 0) is 31.3 Å². The first-order valence-electron chi connectivity index (χ1n) is 8.16. The molecule has 0 saturated heterocycles. The summed E-state index contributed by atoms with van der Waals surface area (Å²) in [5.41, 5.74) is 0. The van der Waals surface area contributed by atoms with Crippen molar-refractivity contribution < 1.29 is 14.4 Å². The molecular formula is C19H25NO3. The number of ketones is 2. The Balaban J connectivity index is 2.23. The summed E-state index contributed by atoms with van der Waals surface area (Å²) in [7, 11) is 0. The van der Waals surface area contributed by atoms with Crippen molar-refractivity contribution in [2.45, 2.75) is 46.0 Å². The average Bonchev–Trinajstić information content (AvgIpc) is 2.50. The Morgan fingerprint density at radius 1 is 1.39 bits per heavy atom. The van der Waals surface area contributed by atoms with Crippen LogP contribution in [0.5, 0.6) is 0 Å². The number of carbonyl (C=O) groups excluding carboxylic acids is 3. The zero-order valence-corrected chi connectivity index (χ0v) is 13.9. The number of nitrogens with one attached hydrogen (secondary N) is 1. The second kappa shape index (κ2) is 10.6. The van der Waals surface area contributed by atoms with Crippen LogP contribution in [0.2, 0.25) is 0 Å². The molecule has 0 saturated carbocycles. The molecule has 1 amide bonds. The van der Waals surface area contributed by atoms with Crippen LogP contribution in [0.25, 0.3) is 0 Å². The fraction of sp³-hybridized carbons (Fsp3) is 0.526. The van der Waals surface area contributed by atoms with Crippen LogP contribution in [0.15, 0.2) is 24.3 Å². The molecule has 4 heteroatoms. The smallest absolute Gasteiger partial charge is 0.222 e. The van der Waals surface area contributed by atoms with Gasteiger partial charge in [-0.3, -0.25) is 14.4 Å². The standard InChI is InChI=1S/C19H25NO3/c1-15(2)8-5-3-4-6-11-19(23)20-14-16-9-7-10-17(21)18(22)13-12-16/h5,8,12-13,15-16H,3-4,6,10-11,14H2,1-2H3,(H,20,23)/b8-5+,13-12-. The minimum atomic E-state index is -0.523. The van der Waals surface area contributed by atoms with Crippen LogP contribution in [0.4, 0.5) is 0 Å². The predicted octanol–water partition coefficient (Wildman–Crippen LogP) is 2.59. The summed E-state index contributed by atoms with van der Waals surface area (Å²) in [5, 5.41) is 2.83. The largest absolute Gasteiger partial charge is 0.355 e. The lowest BCUT2D eigenvalue weighted by Gasteiger charge is -2.09. The first-order valence-corrected chi connectivity index (χ1v) is 8.16. The van der Waals surface area contributed by atoms with E-state index < -0.39 is 11.6 Å². The zero-order valence-electron chi connectivity index (χ0n) is 13.9. The van der Waals surface area contributed by atoms with Gasteiger partial charge in [-0.15, -0.1) is 0 Å². The van der Waals surface area contributed by atoms with Crippen LogP contribution in [-0.2, 0) is 14.4 Å². The molecule has 0 aliphatic heterocycles. The molecule has 0 spiro atoms. The molecule has 0 aromatic heterocycles. The lowest BCUT2D eigenvalue weighted by molar-refractivity contribution is -0.133. The van der Waals surface area contributed by atoms with Crippen molar-refractivity contribution in [3.63, 3.8) is 0 Å². The number of unbranched alkanes of at least 4 members (excludes halogenated alkanes) is 2. The molecule has 0 aromatic rings. The fourth-order valence-corrected chi connectivity index (χ4v) is 2.04. The van der Waals surface area contributed by atoms with E-state index in [1.54, 1.807) is 6.08 Å². The molecule has 124 valence electrons. The van der Waals surface area contributed by atoms with Gasteiger partial charge in [-0.1, -0.05) is 43.9 Å². The molecule has 0 fully saturated rings. The van der Waals surface area contributed by atoms with E-state index in [9.17, 15) is 14.4 Å². The molecular weight excluding hydrogens is 290 g/mol. The minimum Gasteiger partial charge on any atom is -0.355 e. The molecule has 0 bridgehead atoms. The third-order valence-electron chi connectivity index (χ3n) is 3.36. The highest BCUT2D eigenvalue weighted by Gasteiger charge is 2.12. The third-order valence-corrected chi connectivity index (χ3v) is 3.36. The Hall–Kier alpha value is -2.15. The van der Waals surface area contributed by atoms with Crippen molar-refractivity contribution in [2.75, 3.05) is 6.54 Å². The number of hydrogen-bond donors (Lipinski definition) is 1. The molecule has 0 heterocycles. The zero-order chi connectivity index (χ0) is 17.1. The number of carbonyl (C=O) groups is 3. The Bertz CT molecular complexity index is 547. The SMILES string of the molecule is CC(C)/C=C/CCCCC(=O)NCC1C#CCC(=O)C(=O)/C=C\1. The molecule has 1 unspecified atom stereocenters. The van der Waals surface area contributed by atoms with Gasteiger partial charge in [0.2, 0.25) is 17.5 Å². The quantitative estimate of drug-likeness (QED) is 0.324. The first-order chi connectivity index (χ1) is 11.0.